The minimum Gasteiger partial charge on any atom is -0.468 e. The predicted octanol–water partition coefficient (Wildman–Crippen LogP) is 2.46. The number of nitrogens with zero attached hydrogens (tertiary/aromatic N) is 3. The molecule has 1 aromatic heterocycles. The molecule has 0 spiro atoms. The van der Waals surface area contributed by atoms with Crippen molar-refractivity contribution >= 4 is 70.8 Å². The Morgan fingerprint density at radius 1 is 1.14 bits per heavy atom. The summed E-state index contributed by atoms with van der Waals surface area (Å²) in [5, 5.41) is 0. The number of amides is 2. The standard InChI is InChI=1S/C23H22BrN3O6S2/c1-33-22(30)12-27-18-9-8-16(24)11-19(18)34-23(27)25-20(28)13-35(31,32)14-21(29)26-10-4-6-15-5-2-3-7-17(15)26/h2-3,5,7-9,11H,4,6,10,12-14H2,1H3. The van der Waals surface area contributed by atoms with Crippen molar-refractivity contribution in [3.63, 3.8) is 0 Å². The Morgan fingerprint density at radius 2 is 1.91 bits per heavy atom. The highest BCUT2D eigenvalue weighted by atomic mass is 79.9. The van der Waals surface area contributed by atoms with Gasteiger partial charge in [-0.2, -0.15) is 4.99 Å². The van der Waals surface area contributed by atoms with Gasteiger partial charge in [-0.25, -0.2) is 8.42 Å². The van der Waals surface area contributed by atoms with Crippen LogP contribution in [0.4, 0.5) is 5.69 Å². The number of anilines is 1. The van der Waals surface area contributed by atoms with E-state index in [0.717, 1.165) is 38.9 Å². The van der Waals surface area contributed by atoms with Gasteiger partial charge in [0.2, 0.25) is 5.91 Å². The van der Waals surface area contributed by atoms with E-state index in [-0.39, 0.29) is 11.3 Å². The molecule has 35 heavy (non-hydrogen) atoms. The Hall–Kier alpha value is -2.83. The summed E-state index contributed by atoms with van der Waals surface area (Å²) in [5.41, 5.74) is 2.34. The Labute approximate surface area is 214 Å². The molecule has 9 nitrogen and oxygen atoms in total. The van der Waals surface area contributed by atoms with Crippen molar-refractivity contribution in [1.29, 1.82) is 0 Å². The number of sulfone groups is 1. The fraction of sp³-hybridized carbons (Fsp3) is 0.304. The molecule has 1 aliphatic heterocycles. The third-order valence-electron chi connectivity index (χ3n) is 5.48. The van der Waals surface area contributed by atoms with Crippen molar-refractivity contribution < 1.29 is 27.5 Å². The number of methoxy groups -OCH3 is 1. The van der Waals surface area contributed by atoms with Crippen molar-refractivity contribution in [2.24, 2.45) is 4.99 Å². The van der Waals surface area contributed by atoms with Crippen LogP contribution in [-0.2, 0) is 41.9 Å². The molecule has 0 saturated carbocycles. The number of hydrogen-bond acceptors (Lipinski definition) is 7. The van der Waals surface area contributed by atoms with Crippen molar-refractivity contribution in [3.05, 3.63) is 57.3 Å². The van der Waals surface area contributed by atoms with Crippen molar-refractivity contribution in [2.45, 2.75) is 19.4 Å². The maximum Gasteiger partial charge on any atom is 0.325 e. The van der Waals surface area contributed by atoms with Gasteiger partial charge in [-0.1, -0.05) is 45.5 Å². The van der Waals surface area contributed by atoms with Crippen LogP contribution in [0.3, 0.4) is 0 Å². The van der Waals surface area contributed by atoms with Gasteiger partial charge in [0.05, 0.1) is 17.3 Å². The average molecular weight is 580 g/mol. The molecule has 4 rings (SSSR count). The molecule has 0 N–H and O–H groups in total. The van der Waals surface area contributed by atoms with E-state index in [0.29, 0.717) is 17.7 Å². The average Bonchev–Trinajstić information content (AvgIpc) is 3.13. The normalized spacial score (nSPS) is 14.1. The molecule has 0 fully saturated rings. The first kappa shape index (κ1) is 25.3. The largest absolute Gasteiger partial charge is 0.468 e. The van der Waals surface area contributed by atoms with Crippen molar-refractivity contribution in [3.8, 4) is 0 Å². The van der Waals surface area contributed by atoms with Crippen LogP contribution in [0, 0.1) is 0 Å². The molecule has 2 heterocycles. The van der Waals surface area contributed by atoms with Gasteiger partial charge in [0.25, 0.3) is 5.91 Å². The Bertz CT molecular complexity index is 1490. The number of rotatable bonds is 6. The van der Waals surface area contributed by atoms with Crippen LogP contribution in [0.1, 0.15) is 12.0 Å². The topological polar surface area (TPSA) is 115 Å². The molecule has 3 aromatic rings. The summed E-state index contributed by atoms with van der Waals surface area (Å²) in [6, 6.07) is 12.7. The lowest BCUT2D eigenvalue weighted by Crippen LogP contribution is -2.40. The van der Waals surface area contributed by atoms with E-state index < -0.39 is 39.1 Å². The lowest BCUT2D eigenvalue weighted by atomic mass is 10.0. The predicted molar refractivity (Wildman–Crippen MR) is 136 cm³/mol. The van der Waals surface area contributed by atoms with E-state index in [1.807, 2.05) is 18.2 Å². The molecule has 0 saturated heterocycles. The molecule has 184 valence electrons. The first-order valence-corrected chi connectivity index (χ1v) is 14.1. The number of para-hydroxylation sites is 1. The quantitative estimate of drug-likeness (QED) is 0.414. The van der Waals surface area contributed by atoms with Gasteiger partial charge in [0.15, 0.2) is 14.6 Å². The van der Waals surface area contributed by atoms with Crippen LogP contribution < -0.4 is 9.70 Å². The third-order valence-corrected chi connectivity index (χ3v) is 8.39. The van der Waals surface area contributed by atoms with E-state index in [2.05, 4.69) is 20.9 Å². The number of aryl methyl sites for hydroxylation is 1. The number of halogens is 1. The fourth-order valence-electron chi connectivity index (χ4n) is 3.92. The summed E-state index contributed by atoms with van der Waals surface area (Å²) in [7, 11) is -2.82. The second-order valence-electron chi connectivity index (χ2n) is 7.97. The van der Waals surface area contributed by atoms with Crippen molar-refractivity contribution in [2.75, 3.05) is 30.1 Å². The molecule has 2 aromatic carbocycles. The zero-order chi connectivity index (χ0) is 25.2. The SMILES string of the molecule is COC(=O)Cn1c(=NC(=O)CS(=O)(=O)CC(=O)N2CCCc3ccccc32)sc2cc(Br)ccc21. The number of hydrogen-bond donors (Lipinski definition) is 0. The Kier molecular flexibility index (Phi) is 7.53. The lowest BCUT2D eigenvalue weighted by Gasteiger charge is -2.29. The zero-order valence-corrected chi connectivity index (χ0v) is 22.0. The highest BCUT2D eigenvalue weighted by Gasteiger charge is 2.28. The van der Waals surface area contributed by atoms with E-state index in [1.54, 1.807) is 24.3 Å². The lowest BCUT2D eigenvalue weighted by molar-refractivity contribution is -0.141. The minimum absolute atomic E-state index is 0.167. The second kappa shape index (κ2) is 10.4. The van der Waals surface area contributed by atoms with Crippen LogP contribution in [0.15, 0.2) is 51.9 Å². The van der Waals surface area contributed by atoms with Crippen LogP contribution in [0.5, 0.6) is 0 Å². The first-order valence-electron chi connectivity index (χ1n) is 10.7. The fourth-order valence-corrected chi connectivity index (χ4v) is 6.59. The highest BCUT2D eigenvalue weighted by Crippen LogP contribution is 2.27. The van der Waals surface area contributed by atoms with Gasteiger partial charge in [-0.3, -0.25) is 14.4 Å². The minimum atomic E-state index is -4.07. The number of benzene rings is 2. The van der Waals surface area contributed by atoms with Crippen LogP contribution in [0.2, 0.25) is 0 Å². The van der Waals surface area contributed by atoms with Crippen molar-refractivity contribution in [1.82, 2.24) is 4.57 Å². The van der Waals surface area contributed by atoms with Gasteiger partial charge < -0.3 is 14.2 Å². The summed E-state index contributed by atoms with van der Waals surface area (Å²) in [4.78, 5) is 43.0. The molecular formula is C23H22BrN3O6S2. The molecule has 2 amide bonds. The molecule has 0 bridgehead atoms. The summed E-state index contributed by atoms with van der Waals surface area (Å²) in [6.07, 6.45) is 1.56. The van der Waals surface area contributed by atoms with Crippen LogP contribution >= 0.6 is 27.3 Å². The number of esters is 1. The Balaban J connectivity index is 1.56. The molecule has 0 atom stereocenters. The maximum atomic E-state index is 12.8. The molecular weight excluding hydrogens is 558 g/mol. The molecule has 0 unspecified atom stereocenters. The highest BCUT2D eigenvalue weighted by molar-refractivity contribution is 9.10. The van der Waals surface area contributed by atoms with Gasteiger partial charge >= 0.3 is 5.97 Å². The summed E-state index contributed by atoms with van der Waals surface area (Å²) in [5.74, 6) is -3.73. The van der Waals surface area contributed by atoms with Gasteiger partial charge in [0.1, 0.15) is 18.1 Å². The molecule has 0 aliphatic carbocycles. The Morgan fingerprint density at radius 3 is 2.69 bits per heavy atom. The van der Waals surface area contributed by atoms with Crippen LogP contribution in [-0.4, -0.2) is 55.9 Å². The third kappa shape index (κ3) is 5.88. The molecule has 0 radical (unpaired) electrons. The number of fused-ring (bicyclic) bond motifs is 2. The summed E-state index contributed by atoms with van der Waals surface area (Å²) < 4.78 is 33.2. The molecule has 12 heteroatoms. The second-order valence-corrected chi connectivity index (χ2v) is 12.0. The number of thiazole rings is 1. The number of ether oxygens (including phenoxy) is 1. The number of carbonyl (C=O) groups is 3. The zero-order valence-electron chi connectivity index (χ0n) is 18.8. The first-order chi connectivity index (χ1) is 16.7. The molecule has 1 aliphatic rings. The van der Waals surface area contributed by atoms with E-state index in [4.69, 9.17) is 4.74 Å². The van der Waals surface area contributed by atoms with E-state index >= 15 is 0 Å². The monoisotopic (exact) mass is 579 g/mol. The van der Waals surface area contributed by atoms with Gasteiger partial charge in [-0.05, 0) is 42.7 Å². The van der Waals surface area contributed by atoms with Gasteiger partial charge in [0, 0.05) is 16.7 Å². The van der Waals surface area contributed by atoms with E-state index in [1.165, 1.54) is 16.6 Å². The van der Waals surface area contributed by atoms with Crippen LogP contribution in [0.25, 0.3) is 10.2 Å². The maximum absolute atomic E-state index is 12.8. The summed E-state index contributed by atoms with van der Waals surface area (Å²) in [6.45, 7) is 0.235. The smallest absolute Gasteiger partial charge is 0.325 e. The number of aromatic nitrogens is 1. The van der Waals surface area contributed by atoms with E-state index in [9.17, 15) is 22.8 Å². The number of carbonyl (C=O) groups excluding carboxylic acids is 3. The van der Waals surface area contributed by atoms with Gasteiger partial charge in [-0.15, -0.1) is 0 Å². The summed E-state index contributed by atoms with van der Waals surface area (Å²) >= 11 is 4.52.